The maximum absolute atomic E-state index is 13.1. The van der Waals surface area contributed by atoms with Crippen LogP contribution in [0.2, 0.25) is 0 Å². The summed E-state index contributed by atoms with van der Waals surface area (Å²) in [6.07, 6.45) is 2.86. The fourth-order valence-corrected chi connectivity index (χ4v) is 4.31. The first kappa shape index (κ1) is 19.6. The summed E-state index contributed by atoms with van der Waals surface area (Å²) in [6.45, 7) is 2.79. The van der Waals surface area contributed by atoms with Gasteiger partial charge in [0, 0.05) is 25.3 Å². The Kier molecular flexibility index (Phi) is 5.62. The summed E-state index contributed by atoms with van der Waals surface area (Å²) >= 11 is 0. The zero-order valence-corrected chi connectivity index (χ0v) is 17.4. The van der Waals surface area contributed by atoms with E-state index in [0.717, 1.165) is 61.8 Å². The van der Waals surface area contributed by atoms with Crippen molar-refractivity contribution in [2.45, 2.75) is 25.8 Å². The van der Waals surface area contributed by atoms with Gasteiger partial charge in [-0.3, -0.25) is 9.69 Å². The number of benzene rings is 2. The molecule has 154 valence electrons. The van der Waals surface area contributed by atoms with Crippen LogP contribution in [-0.4, -0.2) is 51.8 Å². The van der Waals surface area contributed by atoms with Crippen molar-refractivity contribution in [2.24, 2.45) is 0 Å². The highest BCUT2D eigenvalue weighted by molar-refractivity contribution is 5.96. The molecule has 29 heavy (non-hydrogen) atoms. The Morgan fingerprint density at radius 1 is 0.897 bits per heavy atom. The molecule has 0 saturated carbocycles. The smallest absolute Gasteiger partial charge is 0.241 e. The summed E-state index contributed by atoms with van der Waals surface area (Å²) in [5.74, 6) is 2.49. The van der Waals surface area contributed by atoms with Crippen molar-refractivity contribution in [3.8, 4) is 17.2 Å². The molecule has 4 rings (SSSR count). The molecule has 2 aromatic rings. The van der Waals surface area contributed by atoms with Crippen LogP contribution in [0.5, 0.6) is 17.2 Å². The second-order valence-electron chi connectivity index (χ2n) is 7.58. The van der Waals surface area contributed by atoms with E-state index in [0.29, 0.717) is 6.54 Å². The van der Waals surface area contributed by atoms with E-state index in [1.54, 1.807) is 21.3 Å². The molecule has 0 aliphatic carbocycles. The second-order valence-corrected chi connectivity index (χ2v) is 7.58. The van der Waals surface area contributed by atoms with Gasteiger partial charge in [-0.15, -0.1) is 0 Å². The number of methoxy groups -OCH3 is 3. The van der Waals surface area contributed by atoms with Crippen molar-refractivity contribution in [2.75, 3.05) is 45.9 Å². The van der Waals surface area contributed by atoms with Crippen molar-refractivity contribution in [3.63, 3.8) is 0 Å². The van der Waals surface area contributed by atoms with E-state index in [2.05, 4.69) is 11.0 Å². The molecule has 0 atom stereocenters. The molecule has 2 aliphatic rings. The predicted molar refractivity (Wildman–Crippen MR) is 112 cm³/mol. The van der Waals surface area contributed by atoms with Gasteiger partial charge in [0.1, 0.15) is 5.75 Å². The topological polar surface area (TPSA) is 51.2 Å². The normalized spacial score (nSPS) is 16.0. The van der Waals surface area contributed by atoms with Gasteiger partial charge in [0.15, 0.2) is 11.5 Å². The Balaban J connectivity index is 1.48. The molecule has 1 amide bonds. The van der Waals surface area contributed by atoms with Gasteiger partial charge in [0.05, 0.1) is 27.9 Å². The molecule has 2 aromatic carbocycles. The number of carbonyl (C=O) groups excluding carboxylic acids is 1. The monoisotopic (exact) mass is 396 g/mol. The highest BCUT2D eigenvalue weighted by Gasteiger charge is 2.26. The highest BCUT2D eigenvalue weighted by Crippen LogP contribution is 2.34. The number of aryl methyl sites for hydroxylation is 1. The molecule has 0 saturated heterocycles. The zero-order valence-electron chi connectivity index (χ0n) is 17.4. The van der Waals surface area contributed by atoms with Crippen molar-refractivity contribution in [3.05, 3.63) is 47.0 Å². The highest BCUT2D eigenvalue weighted by atomic mass is 16.5. The van der Waals surface area contributed by atoms with Crippen LogP contribution in [0.4, 0.5) is 5.69 Å². The molecule has 0 radical (unpaired) electrons. The number of hydrogen-bond acceptors (Lipinski definition) is 5. The summed E-state index contributed by atoms with van der Waals surface area (Å²) in [7, 11) is 4.98. The first-order valence-corrected chi connectivity index (χ1v) is 10.1. The van der Waals surface area contributed by atoms with E-state index in [9.17, 15) is 4.79 Å². The minimum atomic E-state index is 0.153. The van der Waals surface area contributed by atoms with Gasteiger partial charge in [-0.25, -0.2) is 0 Å². The van der Waals surface area contributed by atoms with Crippen LogP contribution in [0.25, 0.3) is 0 Å². The molecule has 0 spiro atoms. The number of anilines is 1. The predicted octanol–water partition coefficient (Wildman–Crippen LogP) is 3.05. The average molecular weight is 396 g/mol. The van der Waals surface area contributed by atoms with Crippen LogP contribution in [0.15, 0.2) is 30.3 Å². The Morgan fingerprint density at radius 2 is 1.66 bits per heavy atom. The van der Waals surface area contributed by atoms with Gasteiger partial charge >= 0.3 is 0 Å². The Morgan fingerprint density at radius 3 is 2.38 bits per heavy atom. The number of amides is 1. The van der Waals surface area contributed by atoms with Gasteiger partial charge in [-0.2, -0.15) is 0 Å². The average Bonchev–Trinajstić information content (AvgIpc) is 2.77. The van der Waals surface area contributed by atoms with Gasteiger partial charge in [-0.05, 0) is 66.3 Å². The van der Waals surface area contributed by atoms with E-state index in [1.165, 1.54) is 16.7 Å². The third kappa shape index (κ3) is 3.90. The van der Waals surface area contributed by atoms with Crippen LogP contribution in [0.3, 0.4) is 0 Å². The molecule has 6 heteroatoms. The largest absolute Gasteiger partial charge is 0.497 e. The molecule has 0 N–H and O–H groups in total. The van der Waals surface area contributed by atoms with Crippen LogP contribution in [0.1, 0.15) is 23.1 Å². The summed E-state index contributed by atoms with van der Waals surface area (Å²) in [5.41, 5.74) is 4.67. The minimum Gasteiger partial charge on any atom is -0.497 e. The van der Waals surface area contributed by atoms with Gasteiger partial charge in [0.2, 0.25) is 5.91 Å². The van der Waals surface area contributed by atoms with Gasteiger partial charge < -0.3 is 19.1 Å². The van der Waals surface area contributed by atoms with Crippen molar-refractivity contribution >= 4 is 11.6 Å². The summed E-state index contributed by atoms with van der Waals surface area (Å²) in [4.78, 5) is 17.3. The van der Waals surface area contributed by atoms with E-state index in [-0.39, 0.29) is 5.91 Å². The number of fused-ring (bicyclic) bond motifs is 2. The summed E-state index contributed by atoms with van der Waals surface area (Å²) in [6, 6.07) is 10.1. The third-order valence-electron chi connectivity index (χ3n) is 5.86. The molecule has 0 unspecified atom stereocenters. The lowest BCUT2D eigenvalue weighted by Gasteiger charge is -2.34. The summed E-state index contributed by atoms with van der Waals surface area (Å²) < 4.78 is 16.2. The Hall–Kier alpha value is -2.73. The lowest BCUT2D eigenvalue weighted by molar-refractivity contribution is -0.120. The fraction of sp³-hybridized carbons (Fsp3) is 0.435. The van der Waals surface area contributed by atoms with E-state index in [1.807, 2.05) is 29.2 Å². The quantitative estimate of drug-likeness (QED) is 0.778. The molecule has 2 heterocycles. The number of hydrogen-bond donors (Lipinski definition) is 0. The van der Waals surface area contributed by atoms with Crippen LogP contribution in [-0.2, 0) is 24.2 Å². The van der Waals surface area contributed by atoms with E-state index in [4.69, 9.17) is 14.2 Å². The minimum absolute atomic E-state index is 0.153. The maximum Gasteiger partial charge on any atom is 0.241 e. The zero-order chi connectivity index (χ0) is 20.4. The lowest BCUT2D eigenvalue weighted by Crippen LogP contribution is -2.44. The number of carbonyl (C=O) groups is 1. The first-order chi connectivity index (χ1) is 14.1. The molecule has 6 nitrogen and oxygen atoms in total. The number of nitrogens with zero attached hydrogens (tertiary/aromatic N) is 2. The van der Waals surface area contributed by atoms with Crippen LogP contribution < -0.4 is 19.1 Å². The second kappa shape index (κ2) is 8.33. The standard InChI is InChI=1S/C23H28N2O4/c1-27-19-6-7-20-17(11-19)5-4-9-25(20)23(26)15-24-10-8-16-12-21(28-2)22(29-3)13-18(16)14-24/h6-7,11-13H,4-5,8-10,14-15H2,1-3H3. The van der Waals surface area contributed by atoms with E-state index >= 15 is 0 Å². The molecular formula is C23H28N2O4. The molecule has 2 aliphatic heterocycles. The maximum atomic E-state index is 13.1. The van der Waals surface area contributed by atoms with Crippen molar-refractivity contribution in [1.82, 2.24) is 4.90 Å². The molecular weight excluding hydrogens is 368 g/mol. The number of rotatable bonds is 5. The SMILES string of the molecule is COc1ccc2c(c1)CCCN2C(=O)CN1CCc2cc(OC)c(OC)cc2C1. The fourth-order valence-electron chi connectivity index (χ4n) is 4.31. The van der Waals surface area contributed by atoms with Crippen molar-refractivity contribution in [1.29, 1.82) is 0 Å². The van der Waals surface area contributed by atoms with E-state index < -0.39 is 0 Å². The van der Waals surface area contributed by atoms with Crippen LogP contribution in [0, 0.1) is 0 Å². The first-order valence-electron chi connectivity index (χ1n) is 10.1. The van der Waals surface area contributed by atoms with Crippen molar-refractivity contribution < 1.29 is 19.0 Å². The van der Waals surface area contributed by atoms with Crippen LogP contribution >= 0.6 is 0 Å². The van der Waals surface area contributed by atoms with Gasteiger partial charge in [-0.1, -0.05) is 0 Å². The molecule has 0 aromatic heterocycles. The Labute approximate surface area is 172 Å². The molecule has 0 bridgehead atoms. The number of ether oxygens (including phenoxy) is 3. The van der Waals surface area contributed by atoms with Gasteiger partial charge in [0.25, 0.3) is 0 Å². The molecule has 0 fully saturated rings. The summed E-state index contributed by atoms with van der Waals surface area (Å²) in [5, 5.41) is 0. The lowest BCUT2D eigenvalue weighted by atomic mass is 9.98. The third-order valence-corrected chi connectivity index (χ3v) is 5.86. The Bertz CT molecular complexity index is 912.